The predicted molar refractivity (Wildman–Crippen MR) is 96.4 cm³/mol. The number of nitrogens with zero attached hydrogens (tertiary/aromatic N) is 2. The number of carbonyl (C=O) groups is 1. The first-order valence-corrected chi connectivity index (χ1v) is 8.95. The van der Waals surface area contributed by atoms with Crippen molar-refractivity contribution in [1.82, 2.24) is 9.55 Å². The summed E-state index contributed by atoms with van der Waals surface area (Å²) in [6, 6.07) is 5.25. The van der Waals surface area contributed by atoms with E-state index in [2.05, 4.69) is 9.55 Å². The van der Waals surface area contributed by atoms with Gasteiger partial charge in [-0.05, 0) is 37.0 Å². The van der Waals surface area contributed by atoms with Crippen LogP contribution in [0.5, 0.6) is 11.5 Å². The molecule has 0 saturated heterocycles. The Labute approximate surface area is 149 Å². The van der Waals surface area contributed by atoms with E-state index in [0.29, 0.717) is 23.5 Å². The number of hydrogen-bond donors (Lipinski definition) is 0. The van der Waals surface area contributed by atoms with Gasteiger partial charge in [-0.25, -0.2) is 4.98 Å². The molecule has 134 valence electrons. The zero-order valence-electron chi connectivity index (χ0n) is 15.0. The third kappa shape index (κ3) is 4.41. The second-order valence-corrected chi connectivity index (χ2v) is 6.74. The number of ether oxygens (including phenoxy) is 2. The molecule has 0 aliphatic heterocycles. The Balaban J connectivity index is 1.63. The van der Waals surface area contributed by atoms with E-state index in [9.17, 15) is 4.79 Å². The van der Waals surface area contributed by atoms with Crippen molar-refractivity contribution in [2.75, 3.05) is 14.2 Å². The van der Waals surface area contributed by atoms with Gasteiger partial charge in [0.05, 0.1) is 32.7 Å². The number of aromatic nitrogens is 2. The van der Waals surface area contributed by atoms with Gasteiger partial charge in [-0.3, -0.25) is 4.79 Å². The number of hydrogen-bond acceptors (Lipinski definition) is 4. The minimum absolute atomic E-state index is 0.0314. The van der Waals surface area contributed by atoms with Crippen molar-refractivity contribution >= 4 is 5.78 Å². The van der Waals surface area contributed by atoms with Crippen molar-refractivity contribution in [2.45, 2.75) is 45.1 Å². The summed E-state index contributed by atoms with van der Waals surface area (Å²) in [6.45, 7) is 1.01. The average molecular weight is 342 g/mol. The molecule has 0 N–H and O–H groups in total. The van der Waals surface area contributed by atoms with E-state index in [1.807, 2.05) is 12.5 Å². The van der Waals surface area contributed by atoms with Crippen molar-refractivity contribution in [3.05, 3.63) is 42.0 Å². The van der Waals surface area contributed by atoms with Gasteiger partial charge in [-0.1, -0.05) is 19.3 Å². The number of carbonyl (C=O) groups excluding carboxylic acids is 1. The van der Waals surface area contributed by atoms with Crippen molar-refractivity contribution in [1.29, 1.82) is 0 Å². The first-order chi connectivity index (χ1) is 12.2. The van der Waals surface area contributed by atoms with E-state index in [1.165, 1.54) is 32.1 Å². The molecule has 0 spiro atoms. The highest BCUT2D eigenvalue weighted by Crippen LogP contribution is 2.28. The van der Waals surface area contributed by atoms with E-state index < -0.39 is 0 Å². The van der Waals surface area contributed by atoms with Gasteiger partial charge >= 0.3 is 0 Å². The van der Waals surface area contributed by atoms with Gasteiger partial charge in [0, 0.05) is 18.3 Å². The second kappa shape index (κ2) is 8.19. The maximum absolute atomic E-state index is 12.5. The summed E-state index contributed by atoms with van der Waals surface area (Å²) in [5.41, 5.74) is 1.43. The van der Waals surface area contributed by atoms with Crippen LogP contribution in [0.1, 0.15) is 48.2 Å². The summed E-state index contributed by atoms with van der Waals surface area (Å²) in [5, 5.41) is 0. The largest absolute Gasteiger partial charge is 0.493 e. The molecular weight excluding hydrogens is 316 g/mol. The molecule has 0 radical (unpaired) electrons. The van der Waals surface area contributed by atoms with Crippen LogP contribution in [0.3, 0.4) is 0 Å². The molecule has 25 heavy (non-hydrogen) atoms. The molecule has 0 atom stereocenters. The van der Waals surface area contributed by atoms with Gasteiger partial charge in [0.1, 0.15) is 0 Å². The molecule has 1 heterocycles. The van der Waals surface area contributed by atoms with Gasteiger partial charge in [-0.15, -0.1) is 0 Å². The van der Waals surface area contributed by atoms with Crippen LogP contribution in [0, 0.1) is 5.92 Å². The van der Waals surface area contributed by atoms with E-state index in [1.54, 1.807) is 32.4 Å². The fraction of sp³-hybridized carbons (Fsp3) is 0.500. The van der Waals surface area contributed by atoms with Gasteiger partial charge in [0.25, 0.3) is 0 Å². The highest BCUT2D eigenvalue weighted by atomic mass is 16.5. The van der Waals surface area contributed by atoms with Crippen LogP contribution in [0.2, 0.25) is 0 Å². The lowest BCUT2D eigenvalue weighted by molar-refractivity contribution is 0.0991. The van der Waals surface area contributed by atoms with Gasteiger partial charge < -0.3 is 14.0 Å². The smallest absolute Gasteiger partial charge is 0.169 e. The van der Waals surface area contributed by atoms with Crippen LogP contribution in [0.25, 0.3) is 0 Å². The molecule has 1 aromatic carbocycles. The molecule has 1 aliphatic carbocycles. The van der Waals surface area contributed by atoms with Crippen LogP contribution in [-0.2, 0) is 13.0 Å². The fourth-order valence-corrected chi connectivity index (χ4v) is 3.54. The molecule has 1 aliphatic rings. The Kier molecular flexibility index (Phi) is 5.74. The maximum Gasteiger partial charge on any atom is 0.169 e. The molecule has 1 saturated carbocycles. The Morgan fingerprint density at radius 1 is 1.16 bits per heavy atom. The van der Waals surface area contributed by atoms with Gasteiger partial charge in [0.15, 0.2) is 17.3 Å². The van der Waals surface area contributed by atoms with Crippen LogP contribution in [0.15, 0.2) is 30.7 Å². The Morgan fingerprint density at radius 3 is 2.64 bits per heavy atom. The minimum atomic E-state index is 0.0314. The third-order valence-electron chi connectivity index (χ3n) is 4.93. The van der Waals surface area contributed by atoms with Crippen molar-refractivity contribution in [2.24, 2.45) is 5.92 Å². The molecule has 0 bridgehead atoms. The molecule has 1 fully saturated rings. The zero-order chi connectivity index (χ0) is 17.6. The topological polar surface area (TPSA) is 53.4 Å². The summed E-state index contributed by atoms with van der Waals surface area (Å²) in [6.07, 6.45) is 10.8. The number of benzene rings is 1. The van der Waals surface area contributed by atoms with Crippen molar-refractivity contribution < 1.29 is 14.3 Å². The summed E-state index contributed by atoms with van der Waals surface area (Å²) >= 11 is 0. The number of imidazole rings is 1. The van der Waals surface area contributed by atoms with Crippen molar-refractivity contribution in [3.8, 4) is 11.5 Å². The molecule has 5 nitrogen and oxygen atoms in total. The van der Waals surface area contributed by atoms with E-state index in [4.69, 9.17) is 9.47 Å². The monoisotopic (exact) mass is 342 g/mol. The highest BCUT2D eigenvalue weighted by molar-refractivity contribution is 5.97. The summed E-state index contributed by atoms with van der Waals surface area (Å²) in [5.74, 6) is 1.97. The minimum Gasteiger partial charge on any atom is -0.493 e. The Morgan fingerprint density at radius 2 is 1.92 bits per heavy atom. The molecule has 0 unspecified atom stereocenters. The first-order valence-electron chi connectivity index (χ1n) is 8.95. The summed E-state index contributed by atoms with van der Waals surface area (Å²) < 4.78 is 12.6. The van der Waals surface area contributed by atoms with Gasteiger partial charge in [-0.2, -0.15) is 0 Å². The normalized spacial score (nSPS) is 15.1. The number of Topliss-reactive ketones (excluding diaryl/α,β-unsaturated/α-hetero) is 1. The molecule has 3 rings (SSSR count). The predicted octanol–water partition coefficient (Wildman–Crippen LogP) is 3.91. The lowest BCUT2D eigenvalue weighted by Crippen LogP contribution is -2.13. The molecule has 0 amide bonds. The molecule has 2 aromatic rings. The number of ketones is 1. The quantitative estimate of drug-likeness (QED) is 0.716. The lowest BCUT2D eigenvalue weighted by atomic mass is 9.89. The van der Waals surface area contributed by atoms with E-state index >= 15 is 0 Å². The Hall–Kier alpha value is -2.30. The molecule has 5 heteroatoms. The van der Waals surface area contributed by atoms with Crippen LogP contribution >= 0.6 is 0 Å². The zero-order valence-corrected chi connectivity index (χ0v) is 15.0. The number of rotatable bonds is 7. The second-order valence-electron chi connectivity index (χ2n) is 6.74. The third-order valence-corrected chi connectivity index (χ3v) is 4.93. The Bertz CT molecular complexity index is 717. The molecular formula is C20H26N2O3. The van der Waals surface area contributed by atoms with E-state index in [0.717, 1.165) is 18.2 Å². The SMILES string of the molecule is COc1ccc(C(=O)Cc2cn(CC3CCCCC3)cn2)cc1OC. The van der Waals surface area contributed by atoms with Crippen LogP contribution in [-0.4, -0.2) is 29.6 Å². The summed E-state index contributed by atoms with van der Waals surface area (Å²) in [4.78, 5) is 16.9. The van der Waals surface area contributed by atoms with Gasteiger partial charge in [0.2, 0.25) is 0 Å². The lowest BCUT2D eigenvalue weighted by Gasteiger charge is -2.21. The van der Waals surface area contributed by atoms with Crippen LogP contribution in [0.4, 0.5) is 0 Å². The fourth-order valence-electron chi connectivity index (χ4n) is 3.54. The summed E-state index contributed by atoms with van der Waals surface area (Å²) in [7, 11) is 3.15. The van der Waals surface area contributed by atoms with E-state index in [-0.39, 0.29) is 5.78 Å². The standard InChI is InChI=1S/C20H26N2O3/c1-24-19-9-8-16(10-20(19)25-2)18(23)11-17-13-22(14-21-17)12-15-6-4-3-5-7-15/h8-10,13-15H,3-7,11-12H2,1-2H3. The van der Waals surface area contributed by atoms with Crippen LogP contribution < -0.4 is 9.47 Å². The number of methoxy groups -OCH3 is 2. The maximum atomic E-state index is 12.5. The first kappa shape index (κ1) is 17.5. The molecule has 1 aromatic heterocycles. The highest BCUT2D eigenvalue weighted by Gasteiger charge is 2.16. The van der Waals surface area contributed by atoms with Crippen molar-refractivity contribution in [3.63, 3.8) is 0 Å². The average Bonchev–Trinajstić information content (AvgIpc) is 3.08.